The maximum absolute atomic E-state index is 10.2. The lowest BCUT2D eigenvalue weighted by molar-refractivity contribution is 0.477. The topological polar surface area (TPSA) is 74.2 Å². The monoisotopic (exact) mass is 306 g/mol. The maximum atomic E-state index is 10.2. The van der Waals surface area contributed by atoms with Crippen molar-refractivity contribution in [1.82, 2.24) is 0 Å². The molecular formula is C18H18N4O. The van der Waals surface area contributed by atoms with Crippen LogP contribution in [0.4, 0.5) is 22.7 Å². The van der Waals surface area contributed by atoms with E-state index in [0.29, 0.717) is 17.1 Å². The number of nitrogens with zero attached hydrogens (tertiary/aromatic N) is 3. The van der Waals surface area contributed by atoms with Crippen LogP contribution in [0.15, 0.2) is 64.8 Å². The summed E-state index contributed by atoms with van der Waals surface area (Å²) in [5.74, 6) is 0.104. The summed E-state index contributed by atoms with van der Waals surface area (Å²) >= 11 is 0. The highest BCUT2D eigenvalue weighted by Crippen LogP contribution is 2.37. The number of aromatic hydroxyl groups is 1. The van der Waals surface area contributed by atoms with Gasteiger partial charge in [0.05, 0.1) is 5.69 Å². The van der Waals surface area contributed by atoms with Gasteiger partial charge < -0.3 is 15.7 Å². The van der Waals surface area contributed by atoms with E-state index in [1.54, 1.807) is 30.3 Å². The van der Waals surface area contributed by atoms with Gasteiger partial charge in [-0.1, -0.05) is 12.1 Å². The number of anilines is 2. The summed E-state index contributed by atoms with van der Waals surface area (Å²) in [6.07, 6.45) is 0. The van der Waals surface area contributed by atoms with Crippen LogP contribution in [-0.2, 0) is 0 Å². The zero-order valence-electron chi connectivity index (χ0n) is 13.1. The van der Waals surface area contributed by atoms with Crippen LogP contribution in [0.25, 0.3) is 10.8 Å². The van der Waals surface area contributed by atoms with Crippen LogP contribution in [0.1, 0.15) is 0 Å². The molecule has 116 valence electrons. The lowest BCUT2D eigenvalue weighted by Gasteiger charge is -2.14. The van der Waals surface area contributed by atoms with Gasteiger partial charge >= 0.3 is 0 Å². The number of hydrogen-bond donors (Lipinski definition) is 2. The summed E-state index contributed by atoms with van der Waals surface area (Å²) in [4.78, 5) is 2.00. The Morgan fingerprint density at radius 3 is 2.30 bits per heavy atom. The normalized spacial score (nSPS) is 11.2. The van der Waals surface area contributed by atoms with E-state index in [9.17, 15) is 5.11 Å². The molecule has 0 radical (unpaired) electrons. The average molecular weight is 306 g/mol. The van der Waals surface area contributed by atoms with E-state index < -0.39 is 0 Å². The lowest BCUT2D eigenvalue weighted by atomic mass is 10.1. The number of phenolic OH excluding ortho intramolecular Hbond substituents is 1. The van der Waals surface area contributed by atoms with Crippen molar-refractivity contribution in [3.05, 3.63) is 54.6 Å². The quantitative estimate of drug-likeness (QED) is 0.548. The SMILES string of the molecule is CN(C)c1ccc2ccc(O)c(/N=N/c3ccc(N)cc3)c2c1. The van der Waals surface area contributed by atoms with Crippen LogP contribution in [0.3, 0.4) is 0 Å². The number of phenols is 1. The second-order valence-electron chi connectivity index (χ2n) is 5.52. The second kappa shape index (κ2) is 5.96. The van der Waals surface area contributed by atoms with Gasteiger partial charge in [-0.15, -0.1) is 5.11 Å². The molecule has 0 unspecified atom stereocenters. The minimum atomic E-state index is 0.104. The molecule has 0 aliphatic carbocycles. The number of nitrogens with two attached hydrogens (primary N) is 1. The van der Waals surface area contributed by atoms with Crippen molar-refractivity contribution in [3.8, 4) is 5.75 Å². The fourth-order valence-corrected chi connectivity index (χ4v) is 2.31. The zero-order chi connectivity index (χ0) is 16.4. The largest absolute Gasteiger partial charge is 0.506 e. The molecule has 5 nitrogen and oxygen atoms in total. The molecule has 0 aliphatic rings. The van der Waals surface area contributed by atoms with Crippen LogP contribution in [0, 0.1) is 0 Å². The first-order valence-electron chi connectivity index (χ1n) is 7.25. The predicted octanol–water partition coefficient (Wildman–Crippen LogP) is 4.61. The minimum Gasteiger partial charge on any atom is -0.506 e. The molecule has 0 spiro atoms. The van der Waals surface area contributed by atoms with E-state index in [1.807, 2.05) is 43.3 Å². The molecule has 0 amide bonds. The molecule has 3 aromatic carbocycles. The van der Waals surface area contributed by atoms with Crippen molar-refractivity contribution >= 4 is 33.5 Å². The van der Waals surface area contributed by atoms with E-state index in [0.717, 1.165) is 16.5 Å². The van der Waals surface area contributed by atoms with E-state index in [1.165, 1.54) is 0 Å². The molecule has 0 saturated heterocycles. The molecule has 0 bridgehead atoms. The molecule has 23 heavy (non-hydrogen) atoms. The first-order valence-corrected chi connectivity index (χ1v) is 7.25. The average Bonchev–Trinajstić information content (AvgIpc) is 2.55. The van der Waals surface area contributed by atoms with Crippen molar-refractivity contribution in [2.75, 3.05) is 24.7 Å². The minimum absolute atomic E-state index is 0.104. The van der Waals surface area contributed by atoms with Gasteiger partial charge in [0.15, 0.2) is 0 Å². The lowest BCUT2D eigenvalue weighted by Crippen LogP contribution is -2.07. The van der Waals surface area contributed by atoms with E-state index >= 15 is 0 Å². The molecule has 0 saturated carbocycles. The molecule has 5 heteroatoms. The number of azo groups is 1. The van der Waals surface area contributed by atoms with Crippen LogP contribution in [-0.4, -0.2) is 19.2 Å². The summed E-state index contributed by atoms with van der Waals surface area (Å²) in [5, 5.41) is 20.5. The molecule has 0 heterocycles. The molecular weight excluding hydrogens is 288 g/mol. The van der Waals surface area contributed by atoms with Gasteiger partial charge in [0.25, 0.3) is 0 Å². The molecule has 0 aromatic heterocycles. The van der Waals surface area contributed by atoms with Crippen molar-refractivity contribution in [2.24, 2.45) is 10.2 Å². The number of fused-ring (bicyclic) bond motifs is 1. The number of hydrogen-bond acceptors (Lipinski definition) is 5. The van der Waals surface area contributed by atoms with Gasteiger partial charge in [0.2, 0.25) is 0 Å². The zero-order valence-corrected chi connectivity index (χ0v) is 13.1. The first-order chi connectivity index (χ1) is 11.0. The number of benzene rings is 3. The highest BCUT2D eigenvalue weighted by molar-refractivity contribution is 5.97. The van der Waals surface area contributed by atoms with Crippen molar-refractivity contribution in [1.29, 1.82) is 0 Å². The highest BCUT2D eigenvalue weighted by Gasteiger charge is 2.08. The summed E-state index contributed by atoms with van der Waals surface area (Å²) in [6.45, 7) is 0. The van der Waals surface area contributed by atoms with Crippen molar-refractivity contribution < 1.29 is 5.11 Å². The van der Waals surface area contributed by atoms with Crippen LogP contribution in [0.2, 0.25) is 0 Å². The van der Waals surface area contributed by atoms with E-state index in [2.05, 4.69) is 10.2 Å². The van der Waals surface area contributed by atoms with Crippen LogP contribution in [0.5, 0.6) is 5.75 Å². The van der Waals surface area contributed by atoms with Crippen molar-refractivity contribution in [2.45, 2.75) is 0 Å². The summed E-state index contributed by atoms with van der Waals surface area (Å²) in [6, 6.07) is 16.6. The molecule has 3 rings (SSSR count). The van der Waals surface area contributed by atoms with Gasteiger partial charge in [0, 0.05) is 30.9 Å². The maximum Gasteiger partial charge on any atom is 0.143 e. The van der Waals surface area contributed by atoms with Gasteiger partial charge in [0.1, 0.15) is 11.4 Å². The molecule has 3 N–H and O–H groups in total. The Morgan fingerprint density at radius 1 is 0.913 bits per heavy atom. The van der Waals surface area contributed by atoms with E-state index in [4.69, 9.17) is 5.73 Å². The molecule has 3 aromatic rings. The molecule has 0 aliphatic heterocycles. The van der Waals surface area contributed by atoms with Gasteiger partial charge in [-0.2, -0.15) is 5.11 Å². The third-order valence-corrected chi connectivity index (χ3v) is 3.63. The summed E-state index contributed by atoms with van der Waals surface area (Å²) in [5.41, 5.74) is 8.51. The Hall–Kier alpha value is -3.08. The standard InChI is InChI=1S/C18H18N4O/c1-22(2)15-9-3-12-4-10-17(23)18(16(12)11-15)21-20-14-7-5-13(19)6-8-14/h3-11,23H,19H2,1-2H3/b21-20+. The van der Waals surface area contributed by atoms with Crippen molar-refractivity contribution in [3.63, 3.8) is 0 Å². The summed E-state index contributed by atoms with van der Waals surface area (Å²) < 4.78 is 0. The van der Waals surface area contributed by atoms with Gasteiger partial charge in [-0.3, -0.25) is 0 Å². The predicted molar refractivity (Wildman–Crippen MR) is 95.0 cm³/mol. The number of rotatable bonds is 3. The van der Waals surface area contributed by atoms with Crippen LogP contribution >= 0.6 is 0 Å². The first kappa shape index (κ1) is 14.8. The Labute approximate surface area is 134 Å². The fourth-order valence-electron chi connectivity index (χ4n) is 2.31. The Kier molecular flexibility index (Phi) is 3.85. The third kappa shape index (κ3) is 3.08. The highest BCUT2D eigenvalue weighted by atomic mass is 16.3. The Bertz CT molecular complexity index is 870. The van der Waals surface area contributed by atoms with Gasteiger partial charge in [-0.25, -0.2) is 0 Å². The summed E-state index contributed by atoms with van der Waals surface area (Å²) in [7, 11) is 3.94. The Balaban J connectivity index is 2.09. The Morgan fingerprint density at radius 2 is 1.61 bits per heavy atom. The van der Waals surface area contributed by atoms with E-state index in [-0.39, 0.29) is 5.75 Å². The van der Waals surface area contributed by atoms with Crippen LogP contribution < -0.4 is 10.6 Å². The molecule has 0 fully saturated rings. The second-order valence-corrected chi connectivity index (χ2v) is 5.52. The fraction of sp³-hybridized carbons (Fsp3) is 0.111. The number of nitrogen functional groups attached to an aromatic ring is 1. The van der Waals surface area contributed by atoms with Gasteiger partial charge in [-0.05, 0) is 47.9 Å². The smallest absolute Gasteiger partial charge is 0.143 e. The third-order valence-electron chi connectivity index (χ3n) is 3.63. The molecule has 0 atom stereocenters.